The molecule has 66 valence electrons. The van der Waals surface area contributed by atoms with E-state index in [0.29, 0.717) is 13.1 Å². The van der Waals surface area contributed by atoms with Crippen LogP contribution in [0.5, 0.6) is 0 Å². The maximum Gasteiger partial charge on any atom is 0.305 e. The molecule has 0 bridgehead atoms. The molecule has 11 heavy (non-hydrogen) atoms. The second kappa shape index (κ2) is 4.49. The number of hydrogen-bond acceptors (Lipinski definition) is 3. The minimum Gasteiger partial charge on any atom is -0.346 e. The fourth-order valence-electron chi connectivity index (χ4n) is 0.441. The largest absolute Gasteiger partial charge is 0.346 e. The van der Waals surface area contributed by atoms with Crippen LogP contribution in [0.2, 0.25) is 0 Å². The molecule has 1 unspecified atom stereocenters. The van der Waals surface area contributed by atoms with Crippen LogP contribution in [-0.4, -0.2) is 37.3 Å². The van der Waals surface area contributed by atoms with Crippen molar-refractivity contribution < 1.29 is 14.3 Å². The molecule has 1 atom stereocenters. The quantitative estimate of drug-likeness (QED) is 0.414. The normalized spacial score (nSPS) is 15.5. The van der Waals surface area contributed by atoms with E-state index in [1.807, 2.05) is 0 Å². The van der Waals surface area contributed by atoms with Gasteiger partial charge in [-0.2, -0.15) is 0 Å². The highest BCUT2D eigenvalue weighted by Crippen LogP contribution is 2.35. The Bertz CT molecular complexity index is 177. The zero-order valence-corrected chi connectivity index (χ0v) is 7.52. The molecular weight excluding hydrogens is 167 g/mol. The summed E-state index contributed by atoms with van der Waals surface area (Å²) in [6.07, 6.45) is 0. The third-order valence-electron chi connectivity index (χ3n) is 1.03. The van der Waals surface area contributed by atoms with Crippen LogP contribution in [0.1, 0.15) is 0 Å². The smallest absolute Gasteiger partial charge is 0.305 e. The van der Waals surface area contributed by atoms with Crippen molar-refractivity contribution in [3.8, 4) is 0 Å². The summed E-state index contributed by atoms with van der Waals surface area (Å²) in [5, 5.41) is 5.10. The summed E-state index contributed by atoms with van der Waals surface area (Å²) >= 11 is 0. The van der Waals surface area contributed by atoms with Gasteiger partial charge in [-0.15, -0.1) is 0 Å². The molecule has 1 amide bonds. The molecule has 0 fully saturated rings. The molecule has 0 aliphatic heterocycles. The Labute approximate surface area is 65.6 Å². The van der Waals surface area contributed by atoms with Gasteiger partial charge in [0.2, 0.25) is 0 Å². The van der Waals surface area contributed by atoms with Gasteiger partial charge in [0.05, 0.1) is 0 Å². The van der Waals surface area contributed by atoms with Gasteiger partial charge in [-0.3, -0.25) is 9.36 Å². The molecular formula is C5H13N2O3P. The number of carbonyl (C=O) groups is 1. The van der Waals surface area contributed by atoms with E-state index >= 15 is 0 Å². The molecule has 5 nitrogen and oxygen atoms in total. The summed E-state index contributed by atoms with van der Waals surface area (Å²) < 4.78 is 10.6. The molecule has 0 aromatic carbocycles. The Morgan fingerprint density at radius 1 is 1.55 bits per heavy atom. The monoisotopic (exact) mass is 180 g/mol. The van der Waals surface area contributed by atoms with Crippen molar-refractivity contribution in [3.63, 3.8) is 0 Å². The van der Waals surface area contributed by atoms with E-state index in [2.05, 4.69) is 10.6 Å². The molecule has 0 aromatic rings. The Balaban J connectivity index is 3.63. The fourth-order valence-corrected chi connectivity index (χ4v) is 0.846. The highest BCUT2D eigenvalue weighted by molar-refractivity contribution is 7.74. The second-order valence-corrected chi connectivity index (χ2v) is 4.38. The Kier molecular flexibility index (Phi) is 4.33. The minimum atomic E-state index is -3.57. The lowest BCUT2D eigenvalue weighted by Gasteiger charge is -2.05. The van der Waals surface area contributed by atoms with Crippen molar-refractivity contribution >= 4 is 13.0 Å². The molecule has 6 heteroatoms. The van der Waals surface area contributed by atoms with E-state index in [9.17, 15) is 9.36 Å². The SMILES string of the molecule is CNCCNC(=O)P(C)(=O)O. The van der Waals surface area contributed by atoms with Crippen LogP contribution < -0.4 is 10.6 Å². The number of likely N-dealkylation sites (N-methyl/N-ethyl adjacent to an activating group) is 1. The van der Waals surface area contributed by atoms with Gasteiger partial charge in [0.25, 0.3) is 7.37 Å². The topological polar surface area (TPSA) is 78.4 Å². The molecule has 0 saturated heterocycles. The van der Waals surface area contributed by atoms with E-state index in [1.54, 1.807) is 7.05 Å². The van der Waals surface area contributed by atoms with E-state index in [-0.39, 0.29) is 0 Å². The standard InChI is InChI=1S/C5H13N2O3P/c1-6-3-4-7-5(8)11(2,9)10/h6H,3-4H2,1-2H3,(H,7,8)(H,9,10). The zero-order valence-electron chi connectivity index (χ0n) is 6.63. The Hall–Kier alpha value is -0.380. The predicted octanol–water partition coefficient (Wildman–Crippen LogP) is -0.184. The van der Waals surface area contributed by atoms with Gasteiger partial charge in [0.1, 0.15) is 0 Å². The van der Waals surface area contributed by atoms with Gasteiger partial charge in [0.15, 0.2) is 0 Å². The second-order valence-electron chi connectivity index (χ2n) is 2.21. The van der Waals surface area contributed by atoms with Gasteiger partial charge in [-0.25, -0.2) is 0 Å². The fraction of sp³-hybridized carbons (Fsp3) is 0.800. The van der Waals surface area contributed by atoms with E-state index in [0.717, 1.165) is 6.66 Å². The molecule has 0 aromatic heterocycles. The maximum atomic E-state index is 10.7. The third kappa shape index (κ3) is 4.95. The van der Waals surface area contributed by atoms with Crippen LogP contribution in [0.15, 0.2) is 0 Å². The lowest BCUT2D eigenvalue weighted by Crippen LogP contribution is -2.29. The summed E-state index contributed by atoms with van der Waals surface area (Å²) in [6.45, 7) is 1.97. The first-order valence-electron chi connectivity index (χ1n) is 3.21. The summed E-state index contributed by atoms with van der Waals surface area (Å²) in [4.78, 5) is 19.4. The summed E-state index contributed by atoms with van der Waals surface area (Å²) in [5.74, 6) is 0. The number of hydrogen-bond donors (Lipinski definition) is 3. The molecule has 0 spiro atoms. The van der Waals surface area contributed by atoms with Crippen LogP contribution in [0, 0.1) is 0 Å². The van der Waals surface area contributed by atoms with Crippen LogP contribution in [0.25, 0.3) is 0 Å². The van der Waals surface area contributed by atoms with Crippen LogP contribution in [0.4, 0.5) is 4.79 Å². The average molecular weight is 180 g/mol. The van der Waals surface area contributed by atoms with Crippen molar-refractivity contribution in [2.24, 2.45) is 0 Å². The summed E-state index contributed by atoms with van der Waals surface area (Å²) in [7, 11) is -1.84. The van der Waals surface area contributed by atoms with Crippen LogP contribution >= 0.6 is 7.37 Å². The first-order chi connectivity index (χ1) is 4.98. The van der Waals surface area contributed by atoms with E-state index < -0.39 is 13.0 Å². The summed E-state index contributed by atoms with van der Waals surface area (Å²) in [5.41, 5.74) is -0.784. The molecule has 3 N–H and O–H groups in total. The third-order valence-corrected chi connectivity index (χ3v) is 1.94. The minimum absolute atomic E-state index is 0.369. The summed E-state index contributed by atoms with van der Waals surface area (Å²) in [6, 6.07) is 0. The lowest BCUT2D eigenvalue weighted by molar-refractivity contribution is 0.255. The molecule has 0 aliphatic carbocycles. The van der Waals surface area contributed by atoms with Gasteiger partial charge in [0, 0.05) is 19.8 Å². The van der Waals surface area contributed by atoms with Crippen molar-refractivity contribution in [1.29, 1.82) is 0 Å². The first-order valence-corrected chi connectivity index (χ1v) is 5.32. The maximum absolute atomic E-state index is 10.7. The lowest BCUT2D eigenvalue weighted by atomic mass is 10.6. The van der Waals surface area contributed by atoms with Gasteiger partial charge < -0.3 is 15.5 Å². The number of nitrogens with one attached hydrogen (secondary N) is 2. The van der Waals surface area contributed by atoms with Crippen molar-refractivity contribution in [2.75, 3.05) is 26.8 Å². The Morgan fingerprint density at radius 3 is 2.45 bits per heavy atom. The van der Waals surface area contributed by atoms with Gasteiger partial charge in [-0.1, -0.05) is 0 Å². The van der Waals surface area contributed by atoms with E-state index in [1.165, 1.54) is 0 Å². The Morgan fingerprint density at radius 2 is 2.09 bits per heavy atom. The molecule has 0 heterocycles. The van der Waals surface area contributed by atoms with Crippen LogP contribution in [0.3, 0.4) is 0 Å². The zero-order chi connectivity index (χ0) is 8.91. The highest BCUT2D eigenvalue weighted by Gasteiger charge is 2.20. The predicted molar refractivity (Wildman–Crippen MR) is 43.1 cm³/mol. The first kappa shape index (κ1) is 10.6. The van der Waals surface area contributed by atoms with Gasteiger partial charge in [-0.05, 0) is 7.05 Å². The van der Waals surface area contributed by atoms with Crippen molar-refractivity contribution in [3.05, 3.63) is 0 Å². The molecule has 0 aliphatic rings. The van der Waals surface area contributed by atoms with Crippen LogP contribution in [-0.2, 0) is 4.57 Å². The van der Waals surface area contributed by atoms with Crippen molar-refractivity contribution in [1.82, 2.24) is 10.6 Å². The number of carbonyl (C=O) groups excluding carboxylic acids is 1. The average Bonchev–Trinajstić information content (AvgIpc) is 1.86. The molecule has 0 rings (SSSR count). The number of rotatable bonds is 4. The van der Waals surface area contributed by atoms with Crippen molar-refractivity contribution in [2.45, 2.75) is 0 Å². The highest BCUT2D eigenvalue weighted by atomic mass is 31.2. The number of amides is 1. The molecule has 0 saturated carbocycles. The van der Waals surface area contributed by atoms with Gasteiger partial charge >= 0.3 is 5.65 Å². The molecule has 0 radical (unpaired) electrons. The van der Waals surface area contributed by atoms with E-state index in [4.69, 9.17) is 4.89 Å².